The SMILES string of the molecule is COC(=O)c1cc(NC(=O)N(C)CC(C)C(=O)O)ccc1Br. The average molecular weight is 373 g/mol. The number of carboxylic acids is 1. The van der Waals surface area contributed by atoms with E-state index in [9.17, 15) is 14.4 Å². The number of rotatable bonds is 5. The zero-order chi connectivity index (χ0) is 16.9. The van der Waals surface area contributed by atoms with Crippen molar-refractivity contribution < 1.29 is 24.2 Å². The number of benzene rings is 1. The standard InChI is InChI=1S/C14H17BrN2O5/c1-8(12(18)19)7-17(2)14(21)16-9-4-5-11(15)10(6-9)13(20)22-3/h4-6,8H,7H2,1-3H3,(H,16,21)(H,18,19). The monoisotopic (exact) mass is 372 g/mol. The van der Waals surface area contributed by atoms with Gasteiger partial charge in [0, 0.05) is 23.8 Å². The van der Waals surface area contributed by atoms with Crippen LogP contribution in [0.5, 0.6) is 0 Å². The number of ether oxygens (including phenoxy) is 1. The quantitative estimate of drug-likeness (QED) is 0.773. The molecule has 2 N–H and O–H groups in total. The number of halogens is 1. The van der Waals surface area contributed by atoms with Crippen LogP contribution in [0.4, 0.5) is 10.5 Å². The molecule has 0 saturated carbocycles. The molecular weight excluding hydrogens is 356 g/mol. The van der Waals surface area contributed by atoms with Crippen LogP contribution in [0, 0.1) is 5.92 Å². The van der Waals surface area contributed by atoms with E-state index in [2.05, 4.69) is 26.0 Å². The molecule has 1 rings (SSSR count). The number of amides is 2. The number of carboxylic acid groups (broad SMARTS) is 1. The smallest absolute Gasteiger partial charge is 0.339 e. The van der Waals surface area contributed by atoms with Crippen molar-refractivity contribution in [3.8, 4) is 0 Å². The normalized spacial score (nSPS) is 11.5. The van der Waals surface area contributed by atoms with Gasteiger partial charge in [-0.3, -0.25) is 4.79 Å². The highest BCUT2D eigenvalue weighted by atomic mass is 79.9. The van der Waals surface area contributed by atoms with Gasteiger partial charge in [-0.25, -0.2) is 9.59 Å². The predicted octanol–water partition coefficient (Wildman–Crippen LogP) is 2.42. The van der Waals surface area contributed by atoms with Crippen molar-refractivity contribution >= 4 is 39.6 Å². The molecule has 1 atom stereocenters. The van der Waals surface area contributed by atoms with Crippen molar-refractivity contribution in [2.24, 2.45) is 5.92 Å². The second kappa shape index (κ2) is 7.79. The van der Waals surface area contributed by atoms with Crippen LogP contribution in [-0.4, -0.2) is 48.7 Å². The molecule has 1 aromatic carbocycles. The molecular formula is C14H17BrN2O5. The van der Waals surface area contributed by atoms with Crippen LogP contribution in [0.3, 0.4) is 0 Å². The molecule has 0 saturated heterocycles. The fourth-order valence-electron chi connectivity index (χ4n) is 1.66. The average Bonchev–Trinajstić information content (AvgIpc) is 2.47. The summed E-state index contributed by atoms with van der Waals surface area (Å²) in [6, 6.07) is 4.23. The fourth-order valence-corrected chi connectivity index (χ4v) is 2.07. The maximum atomic E-state index is 12.0. The number of aliphatic carboxylic acids is 1. The number of methoxy groups -OCH3 is 1. The fraction of sp³-hybridized carbons (Fsp3) is 0.357. The van der Waals surface area contributed by atoms with Gasteiger partial charge in [0.2, 0.25) is 0 Å². The second-order valence-corrected chi connectivity index (χ2v) is 5.59. The van der Waals surface area contributed by atoms with Crippen molar-refractivity contribution in [1.82, 2.24) is 4.90 Å². The molecule has 0 bridgehead atoms. The topological polar surface area (TPSA) is 95.9 Å². The first-order chi connectivity index (χ1) is 10.3. The van der Waals surface area contributed by atoms with E-state index in [0.29, 0.717) is 10.2 Å². The van der Waals surface area contributed by atoms with Crippen LogP contribution in [0.15, 0.2) is 22.7 Å². The summed E-state index contributed by atoms with van der Waals surface area (Å²) in [4.78, 5) is 35.6. The van der Waals surface area contributed by atoms with Gasteiger partial charge in [0.1, 0.15) is 0 Å². The van der Waals surface area contributed by atoms with Crippen LogP contribution in [0.2, 0.25) is 0 Å². The highest BCUT2D eigenvalue weighted by Gasteiger charge is 2.18. The van der Waals surface area contributed by atoms with E-state index in [0.717, 1.165) is 0 Å². The third-order valence-electron chi connectivity index (χ3n) is 2.94. The van der Waals surface area contributed by atoms with Gasteiger partial charge in [-0.05, 0) is 34.1 Å². The van der Waals surface area contributed by atoms with Crippen molar-refractivity contribution in [2.75, 3.05) is 26.0 Å². The molecule has 120 valence electrons. The Morgan fingerprint density at radius 2 is 2.05 bits per heavy atom. The molecule has 0 radical (unpaired) electrons. The summed E-state index contributed by atoms with van der Waals surface area (Å²) < 4.78 is 5.19. The lowest BCUT2D eigenvalue weighted by molar-refractivity contribution is -0.141. The minimum atomic E-state index is -0.976. The number of nitrogens with one attached hydrogen (secondary N) is 1. The molecule has 7 nitrogen and oxygen atoms in total. The maximum absolute atomic E-state index is 12.0. The van der Waals surface area contributed by atoms with Gasteiger partial charge in [-0.1, -0.05) is 6.92 Å². The van der Waals surface area contributed by atoms with Gasteiger partial charge in [0.05, 0.1) is 18.6 Å². The molecule has 0 aliphatic rings. The number of carbonyl (C=O) groups is 3. The number of urea groups is 1. The maximum Gasteiger partial charge on any atom is 0.339 e. The minimum Gasteiger partial charge on any atom is -0.481 e. The Hall–Kier alpha value is -2.09. The second-order valence-electron chi connectivity index (χ2n) is 4.74. The molecule has 1 unspecified atom stereocenters. The summed E-state index contributed by atoms with van der Waals surface area (Å²) in [5.41, 5.74) is 0.685. The van der Waals surface area contributed by atoms with E-state index in [1.165, 1.54) is 32.0 Å². The van der Waals surface area contributed by atoms with Gasteiger partial charge in [0.25, 0.3) is 0 Å². The van der Waals surface area contributed by atoms with Crippen molar-refractivity contribution in [3.63, 3.8) is 0 Å². The van der Waals surface area contributed by atoms with Crippen molar-refractivity contribution in [2.45, 2.75) is 6.92 Å². The molecule has 0 fully saturated rings. The molecule has 8 heteroatoms. The van der Waals surface area contributed by atoms with Gasteiger partial charge in [0.15, 0.2) is 0 Å². The number of carbonyl (C=O) groups excluding carboxylic acids is 2. The summed E-state index contributed by atoms with van der Waals surface area (Å²) in [5.74, 6) is -2.18. The first kappa shape index (κ1) is 18.0. The Labute approximate surface area is 136 Å². The molecule has 0 spiro atoms. The Morgan fingerprint density at radius 3 is 2.59 bits per heavy atom. The molecule has 22 heavy (non-hydrogen) atoms. The van der Waals surface area contributed by atoms with Crippen molar-refractivity contribution in [1.29, 1.82) is 0 Å². The summed E-state index contributed by atoms with van der Waals surface area (Å²) in [5, 5.41) is 11.4. The van der Waals surface area contributed by atoms with Crippen LogP contribution in [0.1, 0.15) is 17.3 Å². The molecule has 0 aliphatic heterocycles. The van der Waals surface area contributed by atoms with E-state index in [-0.39, 0.29) is 12.1 Å². The lowest BCUT2D eigenvalue weighted by Crippen LogP contribution is -2.36. The zero-order valence-electron chi connectivity index (χ0n) is 12.4. The highest BCUT2D eigenvalue weighted by molar-refractivity contribution is 9.10. The van der Waals surface area contributed by atoms with E-state index in [1.54, 1.807) is 12.1 Å². The largest absolute Gasteiger partial charge is 0.481 e. The molecule has 1 aromatic rings. The third kappa shape index (κ3) is 4.73. The molecule has 0 aliphatic carbocycles. The molecule has 2 amide bonds. The van der Waals surface area contributed by atoms with Gasteiger partial charge in [-0.15, -0.1) is 0 Å². The van der Waals surface area contributed by atoms with Gasteiger partial charge >= 0.3 is 18.0 Å². The Bertz CT molecular complexity index is 591. The van der Waals surface area contributed by atoms with Crippen molar-refractivity contribution in [3.05, 3.63) is 28.2 Å². The number of esters is 1. The summed E-state index contributed by atoms with van der Waals surface area (Å²) in [6.07, 6.45) is 0. The van der Waals surface area contributed by atoms with Crippen LogP contribution in [-0.2, 0) is 9.53 Å². The van der Waals surface area contributed by atoms with Gasteiger partial charge < -0.3 is 20.1 Å². The number of hydrogen-bond donors (Lipinski definition) is 2. The Morgan fingerprint density at radius 1 is 1.41 bits per heavy atom. The van der Waals surface area contributed by atoms with E-state index >= 15 is 0 Å². The zero-order valence-corrected chi connectivity index (χ0v) is 14.0. The van der Waals surface area contributed by atoms with E-state index < -0.39 is 23.9 Å². The van der Waals surface area contributed by atoms with E-state index in [1.807, 2.05) is 0 Å². The summed E-state index contributed by atoms with van der Waals surface area (Å²) in [7, 11) is 2.76. The first-order valence-electron chi connectivity index (χ1n) is 6.39. The Balaban J connectivity index is 2.80. The lowest BCUT2D eigenvalue weighted by atomic mass is 10.2. The summed E-state index contributed by atoms with van der Waals surface area (Å²) in [6.45, 7) is 1.59. The molecule has 0 aromatic heterocycles. The lowest BCUT2D eigenvalue weighted by Gasteiger charge is -2.20. The minimum absolute atomic E-state index is 0.0710. The summed E-state index contributed by atoms with van der Waals surface area (Å²) >= 11 is 3.23. The third-order valence-corrected chi connectivity index (χ3v) is 3.63. The predicted molar refractivity (Wildman–Crippen MR) is 83.9 cm³/mol. The Kier molecular flexibility index (Phi) is 6.36. The first-order valence-corrected chi connectivity index (χ1v) is 7.18. The van der Waals surface area contributed by atoms with Crippen LogP contribution < -0.4 is 5.32 Å². The van der Waals surface area contributed by atoms with Crippen LogP contribution in [0.25, 0.3) is 0 Å². The highest BCUT2D eigenvalue weighted by Crippen LogP contribution is 2.22. The number of hydrogen-bond acceptors (Lipinski definition) is 4. The number of anilines is 1. The van der Waals surface area contributed by atoms with E-state index in [4.69, 9.17) is 5.11 Å². The van der Waals surface area contributed by atoms with Crippen LogP contribution >= 0.6 is 15.9 Å². The molecule has 0 heterocycles. The van der Waals surface area contributed by atoms with Gasteiger partial charge in [-0.2, -0.15) is 0 Å². The number of nitrogens with zero attached hydrogens (tertiary/aromatic N) is 1.